The minimum absolute atomic E-state index is 0.0307. The summed E-state index contributed by atoms with van der Waals surface area (Å²) in [5.41, 5.74) is 1.46. The van der Waals surface area contributed by atoms with Crippen molar-refractivity contribution in [3.8, 4) is 0 Å². The lowest BCUT2D eigenvalue weighted by Gasteiger charge is -2.37. The van der Waals surface area contributed by atoms with Gasteiger partial charge in [0.15, 0.2) is 5.78 Å². The first-order chi connectivity index (χ1) is 14.0. The number of ketones is 1. The van der Waals surface area contributed by atoms with Crippen molar-refractivity contribution in [2.24, 2.45) is 5.92 Å². The molecule has 2 aromatic carbocycles. The van der Waals surface area contributed by atoms with E-state index >= 15 is 0 Å². The zero-order valence-corrected chi connectivity index (χ0v) is 16.3. The van der Waals surface area contributed by atoms with E-state index in [1.54, 1.807) is 24.3 Å². The molecule has 5 nitrogen and oxygen atoms in total. The molecule has 0 saturated carbocycles. The minimum atomic E-state index is -0.357. The van der Waals surface area contributed by atoms with Gasteiger partial charge in [0, 0.05) is 11.6 Å². The van der Waals surface area contributed by atoms with E-state index in [-0.39, 0.29) is 35.4 Å². The summed E-state index contributed by atoms with van der Waals surface area (Å²) in [4.78, 5) is 41.3. The van der Waals surface area contributed by atoms with Crippen molar-refractivity contribution in [3.63, 3.8) is 0 Å². The predicted octanol–water partition coefficient (Wildman–Crippen LogP) is 3.41. The Morgan fingerprint density at radius 1 is 1.00 bits per heavy atom. The van der Waals surface area contributed by atoms with Crippen molar-refractivity contribution in [3.05, 3.63) is 71.0 Å². The predicted molar refractivity (Wildman–Crippen MR) is 106 cm³/mol. The van der Waals surface area contributed by atoms with E-state index in [0.29, 0.717) is 23.2 Å². The number of hydrogen-bond acceptors (Lipinski definition) is 4. The summed E-state index contributed by atoms with van der Waals surface area (Å²) >= 11 is 0. The highest BCUT2D eigenvalue weighted by Gasteiger charge is 2.41. The molecule has 1 atom stereocenters. The van der Waals surface area contributed by atoms with Crippen LogP contribution in [-0.2, 0) is 0 Å². The Morgan fingerprint density at radius 2 is 1.55 bits per heavy atom. The van der Waals surface area contributed by atoms with E-state index in [0.717, 1.165) is 25.9 Å². The van der Waals surface area contributed by atoms with Crippen molar-refractivity contribution in [2.75, 3.05) is 19.6 Å². The van der Waals surface area contributed by atoms with Crippen molar-refractivity contribution in [1.82, 2.24) is 9.80 Å². The van der Waals surface area contributed by atoms with Crippen LogP contribution in [0.15, 0.2) is 48.5 Å². The van der Waals surface area contributed by atoms with Crippen LogP contribution in [0.3, 0.4) is 0 Å². The van der Waals surface area contributed by atoms with E-state index in [2.05, 4.69) is 4.90 Å². The smallest absolute Gasteiger partial charge is 0.261 e. The molecule has 2 heterocycles. The van der Waals surface area contributed by atoms with Gasteiger partial charge in [-0.05, 0) is 75.2 Å². The molecule has 1 fully saturated rings. The van der Waals surface area contributed by atoms with Crippen LogP contribution < -0.4 is 0 Å². The van der Waals surface area contributed by atoms with Crippen molar-refractivity contribution < 1.29 is 18.8 Å². The summed E-state index contributed by atoms with van der Waals surface area (Å²) in [6, 6.07) is 12.4. The molecule has 2 amide bonds. The molecule has 2 aliphatic rings. The number of fused-ring (bicyclic) bond motifs is 1. The maximum Gasteiger partial charge on any atom is 0.261 e. The molecular formula is C23H23FN2O3. The molecule has 1 saturated heterocycles. The molecule has 2 aromatic rings. The number of rotatable bonds is 5. The van der Waals surface area contributed by atoms with Crippen LogP contribution in [0.4, 0.5) is 4.39 Å². The number of hydrogen-bond donors (Lipinski definition) is 0. The molecule has 150 valence electrons. The van der Waals surface area contributed by atoms with Gasteiger partial charge in [0.2, 0.25) is 0 Å². The summed E-state index contributed by atoms with van der Waals surface area (Å²) in [5.74, 6) is -0.616. The standard InChI is InChI=1S/C23H23FN2O3/c1-15(26-22(28)19-4-2-3-5-20(19)23(26)29)16-10-12-25(13-11-16)14-21(27)17-6-8-18(24)9-7-17/h2-9,15-16H,10-14H2,1H3. The number of amides is 2. The number of nitrogens with zero attached hydrogens (tertiary/aromatic N) is 2. The maximum absolute atomic E-state index is 13.0. The van der Waals surface area contributed by atoms with Crippen LogP contribution in [0.1, 0.15) is 50.8 Å². The van der Waals surface area contributed by atoms with Crippen molar-refractivity contribution in [2.45, 2.75) is 25.8 Å². The normalized spacial score (nSPS) is 18.8. The first kappa shape index (κ1) is 19.5. The second-order valence-electron chi connectivity index (χ2n) is 7.81. The fraction of sp³-hybridized carbons (Fsp3) is 0.348. The third kappa shape index (κ3) is 3.72. The molecule has 0 bridgehead atoms. The van der Waals surface area contributed by atoms with Gasteiger partial charge in [-0.3, -0.25) is 24.2 Å². The Morgan fingerprint density at radius 3 is 2.10 bits per heavy atom. The molecule has 4 rings (SSSR count). The van der Waals surface area contributed by atoms with Crippen molar-refractivity contribution in [1.29, 1.82) is 0 Å². The monoisotopic (exact) mass is 394 g/mol. The number of carbonyl (C=O) groups is 3. The van der Waals surface area contributed by atoms with Crippen LogP contribution in [0, 0.1) is 11.7 Å². The molecule has 29 heavy (non-hydrogen) atoms. The third-order valence-corrected chi connectivity index (χ3v) is 6.08. The van der Waals surface area contributed by atoms with Crippen LogP contribution in [0.5, 0.6) is 0 Å². The van der Waals surface area contributed by atoms with Gasteiger partial charge in [-0.15, -0.1) is 0 Å². The SMILES string of the molecule is CC(C1CCN(CC(=O)c2ccc(F)cc2)CC1)N1C(=O)c2ccccc2C1=O. The van der Waals surface area contributed by atoms with Gasteiger partial charge in [-0.25, -0.2) is 4.39 Å². The average Bonchev–Trinajstić information content (AvgIpc) is 2.99. The Balaban J connectivity index is 1.35. The Hall–Kier alpha value is -2.86. The van der Waals surface area contributed by atoms with E-state index in [1.165, 1.54) is 29.2 Å². The number of benzene rings is 2. The van der Waals surface area contributed by atoms with Gasteiger partial charge in [-0.2, -0.15) is 0 Å². The van der Waals surface area contributed by atoms with E-state index < -0.39 is 0 Å². The van der Waals surface area contributed by atoms with E-state index in [9.17, 15) is 18.8 Å². The summed E-state index contributed by atoms with van der Waals surface area (Å²) in [7, 11) is 0. The molecule has 6 heteroatoms. The lowest BCUT2D eigenvalue weighted by atomic mass is 9.89. The van der Waals surface area contributed by atoms with Crippen molar-refractivity contribution >= 4 is 17.6 Å². The number of likely N-dealkylation sites (tertiary alicyclic amines) is 1. The number of halogens is 1. The first-order valence-corrected chi connectivity index (χ1v) is 9.93. The number of imide groups is 1. The molecule has 0 radical (unpaired) electrons. The maximum atomic E-state index is 13.0. The second-order valence-corrected chi connectivity index (χ2v) is 7.81. The topological polar surface area (TPSA) is 57.7 Å². The minimum Gasteiger partial charge on any atom is -0.296 e. The van der Waals surface area contributed by atoms with Gasteiger partial charge >= 0.3 is 0 Å². The van der Waals surface area contributed by atoms with Crippen LogP contribution >= 0.6 is 0 Å². The zero-order chi connectivity index (χ0) is 20.5. The third-order valence-electron chi connectivity index (χ3n) is 6.08. The summed E-state index contributed by atoms with van der Waals surface area (Å²) in [6.07, 6.45) is 1.62. The Kier molecular flexibility index (Phi) is 5.28. The van der Waals surface area contributed by atoms with Gasteiger partial charge in [0.25, 0.3) is 11.8 Å². The first-order valence-electron chi connectivity index (χ1n) is 9.93. The summed E-state index contributed by atoms with van der Waals surface area (Å²) in [6.45, 7) is 3.68. The van der Waals surface area contributed by atoms with Crippen LogP contribution in [-0.4, -0.2) is 53.1 Å². The van der Waals surface area contributed by atoms with E-state index in [1.807, 2.05) is 6.92 Å². The quantitative estimate of drug-likeness (QED) is 0.576. The number of piperidine rings is 1. The molecule has 0 aromatic heterocycles. The highest BCUT2D eigenvalue weighted by atomic mass is 19.1. The fourth-order valence-corrected chi connectivity index (χ4v) is 4.31. The zero-order valence-electron chi connectivity index (χ0n) is 16.3. The molecular weight excluding hydrogens is 371 g/mol. The number of carbonyl (C=O) groups excluding carboxylic acids is 3. The molecule has 0 spiro atoms. The fourth-order valence-electron chi connectivity index (χ4n) is 4.31. The van der Waals surface area contributed by atoms with Gasteiger partial charge in [-0.1, -0.05) is 12.1 Å². The summed E-state index contributed by atoms with van der Waals surface area (Å²) in [5, 5.41) is 0. The lowest BCUT2D eigenvalue weighted by Crippen LogP contribution is -2.47. The Bertz CT molecular complexity index is 914. The lowest BCUT2D eigenvalue weighted by molar-refractivity contribution is 0.0486. The van der Waals surface area contributed by atoms with Gasteiger partial charge < -0.3 is 0 Å². The summed E-state index contributed by atoms with van der Waals surface area (Å²) < 4.78 is 13.0. The van der Waals surface area contributed by atoms with Crippen LogP contribution in [0.25, 0.3) is 0 Å². The van der Waals surface area contributed by atoms with Gasteiger partial charge in [0.1, 0.15) is 5.82 Å². The second kappa shape index (κ2) is 7.87. The molecule has 0 N–H and O–H groups in total. The highest BCUT2D eigenvalue weighted by Crippen LogP contribution is 2.31. The molecule has 2 aliphatic heterocycles. The molecule has 1 unspecified atom stereocenters. The van der Waals surface area contributed by atoms with E-state index in [4.69, 9.17) is 0 Å². The largest absolute Gasteiger partial charge is 0.296 e. The Labute approximate surface area is 169 Å². The number of Topliss-reactive ketones (excluding diaryl/α,β-unsaturated/α-hetero) is 1. The molecule has 0 aliphatic carbocycles. The average molecular weight is 394 g/mol. The van der Waals surface area contributed by atoms with Crippen LogP contribution in [0.2, 0.25) is 0 Å². The highest BCUT2D eigenvalue weighted by molar-refractivity contribution is 6.21. The van der Waals surface area contributed by atoms with Gasteiger partial charge in [0.05, 0.1) is 17.7 Å².